The topological polar surface area (TPSA) is 49.4 Å². The molecule has 16 heavy (non-hydrogen) atoms. The van der Waals surface area contributed by atoms with Crippen molar-refractivity contribution < 1.29 is 9.59 Å². The van der Waals surface area contributed by atoms with Crippen molar-refractivity contribution in [1.82, 2.24) is 10.2 Å². The number of hydrogen-bond donors (Lipinski definition) is 1. The van der Waals surface area contributed by atoms with Gasteiger partial charge in [0.25, 0.3) is 0 Å². The number of hydrogen-bond acceptors (Lipinski definition) is 2. The molecule has 0 saturated carbocycles. The van der Waals surface area contributed by atoms with Crippen molar-refractivity contribution in [2.24, 2.45) is 0 Å². The monoisotopic (exact) mass is 228 g/mol. The first-order chi connectivity index (χ1) is 7.65. The van der Waals surface area contributed by atoms with Gasteiger partial charge in [-0.15, -0.1) is 0 Å². The van der Waals surface area contributed by atoms with Gasteiger partial charge in [0.1, 0.15) is 6.42 Å². The Labute approximate surface area is 98.4 Å². The standard InChI is InChI=1S/C12H24N2O2/c1-4-6-8-14(9-7-5-2)12(16)10-11(15)13-3/h4-10H2,1-3H3,(H,13,15). The zero-order chi connectivity index (χ0) is 12.4. The zero-order valence-corrected chi connectivity index (χ0v) is 10.7. The number of nitrogens with zero attached hydrogens (tertiary/aromatic N) is 1. The summed E-state index contributed by atoms with van der Waals surface area (Å²) in [6.45, 7) is 5.74. The molecule has 0 atom stereocenters. The lowest BCUT2D eigenvalue weighted by Gasteiger charge is -2.22. The molecule has 4 heteroatoms. The summed E-state index contributed by atoms with van der Waals surface area (Å²) in [6, 6.07) is 0. The molecule has 4 nitrogen and oxygen atoms in total. The van der Waals surface area contributed by atoms with Gasteiger partial charge in [0.2, 0.25) is 11.8 Å². The summed E-state index contributed by atoms with van der Waals surface area (Å²) in [7, 11) is 1.55. The van der Waals surface area contributed by atoms with Crippen LogP contribution in [0.1, 0.15) is 46.0 Å². The first-order valence-electron chi connectivity index (χ1n) is 6.14. The highest BCUT2D eigenvalue weighted by Gasteiger charge is 2.15. The van der Waals surface area contributed by atoms with E-state index < -0.39 is 0 Å². The second kappa shape index (κ2) is 9.19. The van der Waals surface area contributed by atoms with Gasteiger partial charge in [0.05, 0.1) is 0 Å². The first kappa shape index (κ1) is 14.9. The van der Waals surface area contributed by atoms with Gasteiger partial charge < -0.3 is 10.2 Å². The van der Waals surface area contributed by atoms with E-state index in [0.717, 1.165) is 38.8 Å². The second-order valence-corrected chi connectivity index (χ2v) is 3.94. The molecular formula is C12H24N2O2. The summed E-state index contributed by atoms with van der Waals surface area (Å²) < 4.78 is 0. The number of amides is 2. The number of nitrogens with one attached hydrogen (secondary N) is 1. The molecule has 0 saturated heterocycles. The number of unbranched alkanes of at least 4 members (excludes halogenated alkanes) is 2. The third kappa shape index (κ3) is 6.43. The van der Waals surface area contributed by atoms with E-state index in [4.69, 9.17) is 0 Å². The Kier molecular flexibility index (Phi) is 8.58. The van der Waals surface area contributed by atoms with E-state index in [0.29, 0.717) is 0 Å². The highest BCUT2D eigenvalue weighted by molar-refractivity contribution is 5.96. The van der Waals surface area contributed by atoms with E-state index in [2.05, 4.69) is 19.2 Å². The summed E-state index contributed by atoms with van der Waals surface area (Å²) in [5.41, 5.74) is 0. The predicted molar refractivity (Wildman–Crippen MR) is 65.1 cm³/mol. The number of carbonyl (C=O) groups is 2. The molecule has 0 aromatic carbocycles. The maximum atomic E-state index is 11.8. The van der Waals surface area contributed by atoms with Crippen LogP contribution in [0.25, 0.3) is 0 Å². The van der Waals surface area contributed by atoms with Crippen LogP contribution >= 0.6 is 0 Å². The number of rotatable bonds is 8. The molecule has 0 unspecified atom stereocenters. The average molecular weight is 228 g/mol. The molecule has 0 aliphatic rings. The fourth-order valence-corrected chi connectivity index (χ4v) is 1.40. The van der Waals surface area contributed by atoms with Gasteiger partial charge in [-0.25, -0.2) is 0 Å². The molecule has 1 N–H and O–H groups in total. The average Bonchev–Trinajstić information content (AvgIpc) is 2.28. The SMILES string of the molecule is CCCCN(CCCC)C(=O)CC(=O)NC. The maximum Gasteiger partial charge on any atom is 0.232 e. The summed E-state index contributed by atoms with van der Waals surface area (Å²) in [5, 5.41) is 2.48. The van der Waals surface area contributed by atoms with Gasteiger partial charge in [0.15, 0.2) is 0 Å². The summed E-state index contributed by atoms with van der Waals surface area (Å²) in [5.74, 6) is -0.260. The van der Waals surface area contributed by atoms with Crippen LogP contribution in [-0.2, 0) is 9.59 Å². The lowest BCUT2D eigenvalue weighted by Crippen LogP contribution is -2.36. The van der Waals surface area contributed by atoms with Crippen LogP contribution in [0.4, 0.5) is 0 Å². The molecule has 0 aliphatic carbocycles. The van der Waals surface area contributed by atoms with Crippen LogP contribution in [-0.4, -0.2) is 36.9 Å². The Morgan fingerprint density at radius 2 is 1.56 bits per heavy atom. The lowest BCUT2D eigenvalue weighted by atomic mass is 10.2. The molecule has 0 fully saturated rings. The molecular weight excluding hydrogens is 204 g/mol. The molecule has 0 rings (SSSR count). The van der Waals surface area contributed by atoms with E-state index >= 15 is 0 Å². The lowest BCUT2D eigenvalue weighted by molar-refractivity contribution is -0.136. The van der Waals surface area contributed by atoms with Crippen LogP contribution in [0, 0.1) is 0 Å². The Hall–Kier alpha value is -1.06. The Morgan fingerprint density at radius 1 is 1.06 bits per heavy atom. The maximum absolute atomic E-state index is 11.8. The molecule has 94 valence electrons. The van der Waals surface area contributed by atoms with Crippen molar-refractivity contribution in [3.63, 3.8) is 0 Å². The van der Waals surface area contributed by atoms with Crippen LogP contribution in [0.3, 0.4) is 0 Å². The van der Waals surface area contributed by atoms with E-state index in [-0.39, 0.29) is 18.2 Å². The van der Waals surface area contributed by atoms with Crippen molar-refractivity contribution in [2.75, 3.05) is 20.1 Å². The van der Waals surface area contributed by atoms with E-state index in [1.165, 1.54) is 0 Å². The largest absolute Gasteiger partial charge is 0.359 e. The molecule has 0 aromatic rings. The highest BCUT2D eigenvalue weighted by atomic mass is 16.2. The molecule has 2 amide bonds. The molecule has 0 radical (unpaired) electrons. The normalized spacial score (nSPS) is 9.94. The van der Waals surface area contributed by atoms with Crippen LogP contribution in [0.15, 0.2) is 0 Å². The third-order valence-electron chi connectivity index (χ3n) is 2.51. The van der Waals surface area contributed by atoms with Gasteiger partial charge in [-0.2, -0.15) is 0 Å². The minimum atomic E-state index is -0.206. The summed E-state index contributed by atoms with van der Waals surface area (Å²) in [6.07, 6.45) is 4.11. The number of carbonyl (C=O) groups excluding carboxylic acids is 2. The minimum absolute atomic E-state index is 0.0239. The third-order valence-corrected chi connectivity index (χ3v) is 2.51. The Bertz CT molecular complexity index is 209. The molecule has 0 heterocycles. The van der Waals surface area contributed by atoms with E-state index in [1.54, 1.807) is 7.05 Å². The van der Waals surface area contributed by atoms with Crippen molar-refractivity contribution in [2.45, 2.75) is 46.0 Å². The molecule has 0 spiro atoms. The fourth-order valence-electron chi connectivity index (χ4n) is 1.40. The van der Waals surface area contributed by atoms with Gasteiger partial charge >= 0.3 is 0 Å². The Balaban J connectivity index is 4.13. The van der Waals surface area contributed by atoms with Crippen molar-refractivity contribution >= 4 is 11.8 Å². The highest BCUT2D eigenvalue weighted by Crippen LogP contribution is 2.02. The van der Waals surface area contributed by atoms with Crippen molar-refractivity contribution in [1.29, 1.82) is 0 Å². The second-order valence-electron chi connectivity index (χ2n) is 3.94. The van der Waals surface area contributed by atoms with Gasteiger partial charge in [0, 0.05) is 20.1 Å². The van der Waals surface area contributed by atoms with E-state index in [9.17, 15) is 9.59 Å². The predicted octanol–water partition coefficient (Wildman–Crippen LogP) is 1.55. The van der Waals surface area contributed by atoms with Crippen LogP contribution in [0.2, 0.25) is 0 Å². The van der Waals surface area contributed by atoms with Crippen molar-refractivity contribution in [3.8, 4) is 0 Å². The van der Waals surface area contributed by atoms with Crippen molar-refractivity contribution in [3.05, 3.63) is 0 Å². The van der Waals surface area contributed by atoms with Gasteiger partial charge in [-0.1, -0.05) is 26.7 Å². The quantitative estimate of drug-likeness (QED) is 0.641. The molecule has 0 bridgehead atoms. The van der Waals surface area contributed by atoms with Gasteiger partial charge in [-0.3, -0.25) is 9.59 Å². The minimum Gasteiger partial charge on any atom is -0.359 e. The Morgan fingerprint density at radius 3 is 1.94 bits per heavy atom. The fraction of sp³-hybridized carbons (Fsp3) is 0.833. The summed E-state index contributed by atoms with van der Waals surface area (Å²) in [4.78, 5) is 24.7. The molecule has 0 aromatic heterocycles. The van der Waals surface area contributed by atoms with Crippen LogP contribution in [0.5, 0.6) is 0 Å². The first-order valence-corrected chi connectivity index (χ1v) is 6.14. The zero-order valence-electron chi connectivity index (χ0n) is 10.7. The van der Waals surface area contributed by atoms with Gasteiger partial charge in [-0.05, 0) is 12.8 Å². The molecule has 0 aliphatic heterocycles. The van der Waals surface area contributed by atoms with Crippen LogP contribution < -0.4 is 5.32 Å². The summed E-state index contributed by atoms with van der Waals surface area (Å²) >= 11 is 0. The smallest absolute Gasteiger partial charge is 0.232 e. The van der Waals surface area contributed by atoms with E-state index in [1.807, 2.05) is 4.90 Å².